The molecule has 8 nitrogen and oxygen atoms in total. The van der Waals surface area contributed by atoms with Crippen LogP contribution in [0.3, 0.4) is 0 Å². The number of allylic oxidation sites excluding steroid dienone is 1. The van der Waals surface area contributed by atoms with Crippen molar-refractivity contribution in [2.45, 2.75) is 27.2 Å². The SMILES string of the molecule is C=CC.Cc1cc(F)c(NC(=O)N2CCCO2)cc1Nc1ccc2ncn(C)c(=O)c2c1C. The van der Waals surface area contributed by atoms with Gasteiger partial charge < -0.3 is 15.2 Å². The molecule has 1 saturated heterocycles. The molecule has 4 rings (SSSR count). The molecule has 0 bridgehead atoms. The van der Waals surface area contributed by atoms with E-state index in [9.17, 15) is 14.0 Å². The van der Waals surface area contributed by atoms with E-state index in [1.807, 2.05) is 19.9 Å². The highest BCUT2D eigenvalue weighted by molar-refractivity contribution is 5.91. The van der Waals surface area contributed by atoms with Crippen molar-refractivity contribution in [3.05, 3.63) is 70.5 Å². The van der Waals surface area contributed by atoms with E-state index >= 15 is 0 Å². The van der Waals surface area contributed by atoms with Gasteiger partial charge in [0.05, 0.1) is 36.1 Å². The summed E-state index contributed by atoms with van der Waals surface area (Å²) in [6, 6.07) is 5.95. The maximum atomic E-state index is 14.4. The minimum atomic E-state index is -0.543. The molecule has 2 heterocycles. The average Bonchev–Trinajstić information content (AvgIpc) is 3.31. The van der Waals surface area contributed by atoms with Gasteiger partial charge in [-0.05, 0) is 62.6 Å². The quantitative estimate of drug-likeness (QED) is 0.557. The van der Waals surface area contributed by atoms with E-state index in [-0.39, 0.29) is 11.2 Å². The van der Waals surface area contributed by atoms with Gasteiger partial charge in [0.2, 0.25) is 0 Å². The summed E-state index contributed by atoms with van der Waals surface area (Å²) < 4.78 is 15.9. The zero-order valence-corrected chi connectivity index (χ0v) is 19.2. The molecule has 1 aliphatic rings. The monoisotopic (exact) mass is 453 g/mol. The molecule has 0 spiro atoms. The lowest BCUT2D eigenvalue weighted by Gasteiger charge is -2.18. The lowest BCUT2D eigenvalue weighted by Crippen LogP contribution is -2.31. The van der Waals surface area contributed by atoms with Crippen molar-refractivity contribution in [3.8, 4) is 0 Å². The first-order valence-electron chi connectivity index (χ1n) is 10.6. The number of carbonyl (C=O) groups excluding carboxylic acids is 1. The number of nitrogens with zero attached hydrogens (tertiary/aromatic N) is 3. The Morgan fingerprint density at radius 3 is 2.64 bits per heavy atom. The second-order valence-corrected chi connectivity index (χ2v) is 7.69. The number of anilines is 3. The van der Waals surface area contributed by atoms with Crippen LogP contribution in [-0.4, -0.2) is 33.8 Å². The largest absolute Gasteiger partial charge is 0.355 e. The molecule has 1 fully saturated rings. The topological polar surface area (TPSA) is 88.5 Å². The smallest absolute Gasteiger partial charge is 0.345 e. The first-order valence-corrected chi connectivity index (χ1v) is 10.6. The van der Waals surface area contributed by atoms with Crippen LogP contribution in [0.4, 0.5) is 26.2 Å². The summed E-state index contributed by atoms with van der Waals surface area (Å²) in [5, 5.41) is 7.50. The van der Waals surface area contributed by atoms with Crippen LogP contribution in [-0.2, 0) is 11.9 Å². The fourth-order valence-electron chi connectivity index (χ4n) is 3.42. The first-order chi connectivity index (χ1) is 15.8. The van der Waals surface area contributed by atoms with Gasteiger partial charge in [0, 0.05) is 18.4 Å². The van der Waals surface area contributed by atoms with Crippen LogP contribution in [0.5, 0.6) is 0 Å². The first kappa shape index (κ1) is 23.9. The highest BCUT2D eigenvalue weighted by Gasteiger charge is 2.21. The van der Waals surface area contributed by atoms with Crippen LogP contribution < -0.4 is 16.2 Å². The lowest BCUT2D eigenvalue weighted by molar-refractivity contribution is -0.0614. The maximum Gasteiger partial charge on any atom is 0.345 e. The zero-order valence-electron chi connectivity index (χ0n) is 19.2. The number of nitrogens with one attached hydrogen (secondary N) is 2. The molecular weight excluding hydrogens is 425 g/mol. The van der Waals surface area contributed by atoms with E-state index in [0.29, 0.717) is 41.0 Å². The van der Waals surface area contributed by atoms with Gasteiger partial charge in [-0.3, -0.25) is 9.63 Å². The van der Waals surface area contributed by atoms with Gasteiger partial charge >= 0.3 is 6.03 Å². The number of hydrogen-bond donors (Lipinski definition) is 2. The molecular formula is C24H28FN5O3. The van der Waals surface area contributed by atoms with Gasteiger partial charge in [-0.15, -0.1) is 6.58 Å². The van der Waals surface area contributed by atoms with E-state index in [2.05, 4.69) is 22.2 Å². The highest BCUT2D eigenvalue weighted by Crippen LogP contribution is 2.30. The standard InChI is InChI=1S/C21H22FN5O3.C3H6/c1-12-9-14(22)18(25-21(29)27-7-4-8-30-27)10-17(12)24-15-5-6-16-19(13(15)2)20(28)26(3)11-23-16;1-3-2/h5-6,9-11,24H,4,7-8H2,1-3H3,(H,25,29);3H,1H2,2H3. The molecule has 0 saturated carbocycles. The Hall–Kier alpha value is -3.72. The Kier molecular flexibility index (Phi) is 7.44. The molecule has 1 aliphatic heterocycles. The maximum absolute atomic E-state index is 14.4. The Balaban J connectivity index is 0.000000968. The van der Waals surface area contributed by atoms with E-state index in [1.54, 1.807) is 26.1 Å². The Morgan fingerprint density at radius 1 is 1.24 bits per heavy atom. The molecule has 0 radical (unpaired) electrons. The summed E-state index contributed by atoms with van der Waals surface area (Å²) in [4.78, 5) is 34.3. The van der Waals surface area contributed by atoms with Crippen molar-refractivity contribution in [2.24, 2.45) is 7.05 Å². The molecule has 3 aromatic rings. The Morgan fingerprint density at radius 2 is 1.97 bits per heavy atom. The molecule has 174 valence electrons. The summed E-state index contributed by atoms with van der Waals surface area (Å²) in [5.74, 6) is -0.543. The molecule has 2 N–H and O–H groups in total. The lowest BCUT2D eigenvalue weighted by atomic mass is 10.1. The second-order valence-electron chi connectivity index (χ2n) is 7.69. The summed E-state index contributed by atoms with van der Waals surface area (Å²) in [7, 11) is 1.65. The van der Waals surface area contributed by atoms with Crippen molar-refractivity contribution in [1.82, 2.24) is 14.6 Å². The van der Waals surface area contributed by atoms with Crippen LogP contribution >= 0.6 is 0 Å². The van der Waals surface area contributed by atoms with Gasteiger partial charge in [-0.1, -0.05) is 6.08 Å². The predicted octanol–water partition coefficient (Wildman–Crippen LogP) is 4.79. The summed E-state index contributed by atoms with van der Waals surface area (Å²) in [6.07, 6.45) is 3.98. The van der Waals surface area contributed by atoms with Gasteiger partial charge in [-0.25, -0.2) is 19.2 Å². The van der Waals surface area contributed by atoms with Crippen molar-refractivity contribution in [2.75, 3.05) is 23.8 Å². The zero-order chi connectivity index (χ0) is 24.1. The number of hydrogen-bond acceptors (Lipinski definition) is 5. The third kappa shape index (κ3) is 5.20. The molecule has 33 heavy (non-hydrogen) atoms. The van der Waals surface area contributed by atoms with Crippen molar-refractivity contribution in [3.63, 3.8) is 0 Å². The van der Waals surface area contributed by atoms with Crippen molar-refractivity contribution >= 4 is 34.0 Å². The van der Waals surface area contributed by atoms with Crippen molar-refractivity contribution in [1.29, 1.82) is 0 Å². The minimum absolute atomic E-state index is 0.0413. The summed E-state index contributed by atoms with van der Waals surface area (Å²) in [6.45, 7) is 9.77. The molecule has 2 amide bonds. The number of benzene rings is 2. The molecule has 9 heteroatoms. The third-order valence-corrected chi connectivity index (χ3v) is 5.15. The van der Waals surface area contributed by atoms with E-state index in [4.69, 9.17) is 4.84 Å². The molecule has 1 aromatic heterocycles. The van der Waals surface area contributed by atoms with Crippen LogP contribution in [0.2, 0.25) is 0 Å². The summed E-state index contributed by atoms with van der Waals surface area (Å²) >= 11 is 0. The van der Waals surface area contributed by atoms with E-state index in [0.717, 1.165) is 12.0 Å². The Labute approximate surface area is 191 Å². The molecule has 0 unspecified atom stereocenters. The molecule has 0 aliphatic carbocycles. The van der Waals surface area contributed by atoms with Gasteiger partial charge in [-0.2, -0.15) is 0 Å². The highest BCUT2D eigenvalue weighted by atomic mass is 19.1. The second kappa shape index (κ2) is 10.3. The van der Waals surface area contributed by atoms with Gasteiger partial charge in [0.25, 0.3) is 5.56 Å². The third-order valence-electron chi connectivity index (χ3n) is 5.15. The number of fused-ring (bicyclic) bond motifs is 1. The fourth-order valence-corrected chi connectivity index (χ4v) is 3.42. The van der Waals surface area contributed by atoms with Crippen LogP contribution in [0.25, 0.3) is 10.9 Å². The Bertz CT molecular complexity index is 1250. The normalized spacial score (nSPS) is 12.8. The van der Waals surface area contributed by atoms with Gasteiger partial charge in [0.1, 0.15) is 5.82 Å². The number of amides is 2. The van der Waals surface area contributed by atoms with Crippen LogP contribution in [0, 0.1) is 19.7 Å². The van der Waals surface area contributed by atoms with Gasteiger partial charge in [0.15, 0.2) is 0 Å². The average molecular weight is 454 g/mol. The number of rotatable bonds is 3. The van der Waals surface area contributed by atoms with Crippen LogP contribution in [0.15, 0.2) is 48.0 Å². The fraction of sp³-hybridized carbons (Fsp3) is 0.292. The number of urea groups is 1. The van der Waals surface area contributed by atoms with E-state index < -0.39 is 11.8 Å². The number of aryl methyl sites for hydroxylation is 3. The van der Waals surface area contributed by atoms with E-state index in [1.165, 1.54) is 28.1 Å². The number of halogens is 1. The summed E-state index contributed by atoms with van der Waals surface area (Å²) in [5.41, 5.74) is 3.20. The number of carbonyl (C=O) groups is 1. The predicted molar refractivity (Wildman–Crippen MR) is 128 cm³/mol. The number of aromatic nitrogens is 2. The molecule has 2 aromatic carbocycles. The van der Waals surface area contributed by atoms with Crippen molar-refractivity contribution < 1.29 is 14.0 Å². The number of hydroxylamine groups is 2. The molecule has 0 atom stereocenters. The minimum Gasteiger partial charge on any atom is -0.355 e. The van der Waals surface area contributed by atoms with Crippen LogP contribution in [0.1, 0.15) is 24.5 Å².